The minimum atomic E-state index is -0.308. The summed E-state index contributed by atoms with van der Waals surface area (Å²) in [5.74, 6) is 0.444. The number of pyridine rings is 2. The highest BCUT2D eigenvalue weighted by Crippen LogP contribution is 2.32. The first-order valence-electron chi connectivity index (χ1n) is 7.47. The van der Waals surface area contributed by atoms with Crippen molar-refractivity contribution in [1.29, 1.82) is 0 Å². The molecule has 0 bridgehead atoms. The lowest BCUT2D eigenvalue weighted by molar-refractivity contribution is 0.102. The van der Waals surface area contributed by atoms with Crippen LogP contribution >= 0.6 is 22.9 Å². The summed E-state index contributed by atoms with van der Waals surface area (Å²) >= 11 is 7.35. The van der Waals surface area contributed by atoms with Crippen molar-refractivity contribution < 1.29 is 4.79 Å². The van der Waals surface area contributed by atoms with E-state index in [9.17, 15) is 4.79 Å². The second kappa shape index (κ2) is 6.62. The minimum absolute atomic E-state index is 0.272. The van der Waals surface area contributed by atoms with Crippen LogP contribution in [0.15, 0.2) is 55.0 Å². The van der Waals surface area contributed by atoms with Crippen LogP contribution in [0, 0.1) is 0 Å². The van der Waals surface area contributed by atoms with Gasteiger partial charge in [0.2, 0.25) is 0 Å². The van der Waals surface area contributed by atoms with Crippen LogP contribution in [-0.2, 0) is 5.88 Å². The fraction of sp³-hybridized carbons (Fsp3) is 0.0588. The van der Waals surface area contributed by atoms with Gasteiger partial charge >= 0.3 is 0 Å². The van der Waals surface area contributed by atoms with Crippen LogP contribution in [-0.4, -0.2) is 25.5 Å². The third kappa shape index (κ3) is 2.99. The van der Waals surface area contributed by atoms with E-state index in [4.69, 9.17) is 11.6 Å². The van der Waals surface area contributed by atoms with E-state index < -0.39 is 0 Å². The highest BCUT2D eigenvalue weighted by Gasteiger charge is 2.20. The molecule has 0 spiro atoms. The van der Waals surface area contributed by atoms with Gasteiger partial charge in [-0.25, -0.2) is 14.5 Å². The predicted octanol–water partition coefficient (Wildman–Crippen LogP) is 3.84. The van der Waals surface area contributed by atoms with Gasteiger partial charge in [0.25, 0.3) is 5.91 Å². The van der Waals surface area contributed by atoms with E-state index in [2.05, 4.69) is 20.4 Å². The van der Waals surface area contributed by atoms with Crippen LogP contribution in [0.4, 0.5) is 5.82 Å². The first kappa shape index (κ1) is 15.7. The van der Waals surface area contributed by atoms with Crippen LogP contribution in [0.1, 0.15) is 14.7 Å². The fourth-order valence-corrected chi connectivity index (χ4v) is 3.58. The zero-order chi connectivity index (χ0) is 17.2. The van der Waals surface area contributed by atoms with Gasteiger partial charge in [-0.05, 0) is 24.3 Å². The number of aromatic nitrogens is 4. The number of nitrogens with zero attached hydrogens (tertiary/aromatic N) is 4. The molecule has 0 fully saturated rings. The minimum Gasteiger partial charge on any atom is -0.304 e. The molecule has 0 saturated heterocycles. The average molecular weight is 370 g/mol. The van der Waals surface area contributed by atoms with Crippen molar-refractivity contribution in [2.24, 2.45) is 0 Å². The number of amides is 1. The zero-order valence-corrected chi connectivity index (χ0v) is 14.5. The molecule has 4 rings (SSSR count). The number of nitrogens with one attached hydrogen (secondary N) is 1. The molecular formula is C17H12ClN5OS. The Morgan fingerprint density at radius 2 is 2.12 bits per heavy atom. The molecular weight excluding hydrogens is 358 g/mol. The van der Waals surface area contributed by atoms with Crippen molar-refractivity contribution in [3.8, 4) is 11.3 Å². The number of thiazole rings is 1. The summed E-state index contributed by atoms with van der Waals surface area (Å²) in [7, 11) is 0. The van der Waals surface area contributed by atoms with Gasteiger partial charge < -0.3 is 5.32 Å². The summed E-state index contributed by atoms with van der Waals surface area (Å²) in [6.07, 6.45) is 5.22. The molecule has 0 aromatic carbocycles. The van der Waals surface area contributed by atoms with E-state index >= 15 is 0 Å². The Hall–Kier alpha value is -2.77. The highest BCUT2D eigenvalue weighted by molar-refractivity contribution is 7.14. The van der Waals surface area contributed by atoms with Gasteiger partial charge in [0, 0.05) is 22.8 Å². The molecule has 0 aliphatic carbocycles. The van der Waals surface area contributed by atoms with Crippen LogP contribution in [0.5, 0.6) is 0 Å². The normalized spacial score (nSPS) is 10.9. The summed E-state index contributed by atoms with van der Waals surface area (Å²) in [6, 6.07) is 11.1. The number of carbonyl (C=O) groups excluding carboxylic acids is 1. The van der Waals surface area contributed by atoms with Crippen LogP contribution in [0.2, 0.25) is 0 Å². The van der Waals surface area contributed by atoms with Gasteiger partial charge in [-0.1, -0.05) is 12.1 Å². The number of hydrogen-bond acceptors (Lipinski definition) is 5. The summed E-state index contributed by atoms with van der Waals surface area (Å²) in [4.78, 5) is 21.9. The van der Waals surface area contributed by atoms with Crippen molar-refractivity contribution in [2.45, 2.75) is 5.88 Å². The molecule has 6 nitrogen and oxygen atoms in total. The van der Waals surface area contributed by atoms with Crippen LogP contribution in [0.25, 0.3) is 16.8 Å². The van der Waals surface area contributed by atoms with Gasteiger partial charge in [0.15, 0.2) is 5.01 Å². The Labute approximate surface area is 152 Å². The van der Waals surface area contributed by atoms with Crippen molar-refractivity contribution in [1.82, 2.24) is 19.6 Å². The van der Waals surface area contributed by atoms with Crippen LogP contribution in [0.3, 0.4) is 0 Å². The summed E-state index contributed by atoms with van der Waals surface area (Å²) in [5, 5.41) is 7.40. The lowest BCUT2D eigenvalue weighted by Gasteiger charge is -2.00. The maximum atomic E-state index is 12.5. The average Bonchev–Trinajstić information content (AvgIpc) is 3.26. The third-order valence-electron chi connectivity index (χ3n) is 3.60. The zero-order valence-electron chi connectivity index (χ0n) is 12.9. The monoisotopic (exact) mass is 369 g/mol. The quantitative estimate of drug-likeness (QED) is 0.555. The second-order valence-corrected chi connectivity index (χ2v) is 6.53. The molecule has 0 saturated carbocycles. The Morgan fingerprint density at radius 1 is 1.24 bits per heavy atom. The molecule has 1 amide bonds. The first-order chi connectivity index (χ1) is 12.3. The molecule has 0 radical (unpaired) electrons. The van der Waals surface area contributed by atoms with Crippen molar-refractivity contribution in [3.05, 3.63) is 64.9 Å². The second-order valence-electron chi connectivity index (χ2n) is 5.18. The summed E-state index contributed by atoms with van der Waals surface area (Å²) in [5.41, 5.74) is 2.45. The Balaban J connectivity index is 1.71. The molecule has 0 aliphatic rings. The maximum Gasteiger partial charge on any atom is 0.285 e. The molecule has 0 unspecified atom stereocenters. The number of rotatable bonds is 4. The summed E-state index contributed by atoms with van der Waals surface area (Å²) in [6.45, 7) is 0. The standard InChI is InChI=1S/C17H12ClN5OS/c18-9-13-15(11-10-20-23-8-4-2-5-12(11)23)22-17(25-13)16(24)21-14-6-1-3-7-19-14/h1-8,10H,9H2,(H,19,21,24). The first-order valence-corrected chi connectivity index (χ1v) is 8.82. The SMILES string of the molecule is O=C(Nc1ccccn1)c1nc(-c2cnn3ccccc23)c(CCl)s1. The van der Waals surface area contributed by atoms with Gasteiger partial charge in [-0.2, -0.15) is 5.10 Å². The fourth-order valence-electron chi connectivity index (χ4n) is 2.47. The number of alkyl halides is 1. The molecule has 4 aromatic rings. The number of fused-ring (bicyclic) bond motifs is 1. The predicted molar refractivity (Wildman–Crippen MR) is 98.0 cm³/mol. The maximum absolute atomic E-state index is 12.5. The largest absolute Gasteiger partial charge is 0.304 e. The lowest BCUT2D eigenvalue weighted by Crippen LogP contribution is -2.12. The van der Waals surface area contributed by atoms with Crippen LogP contribution < -0.4 is 5.32 Å². The van der Waals surface area contributed by atoms with Gasteiger partial charge in [-0.3, -0.25) is 4.79 Å². The Morgan fingerprint density at radius 3 is 2.92 bits per heavy atom. The van der Waals surface area contributed by atoms with E-state index in [0.29, 0.717) is 16.5 Å². The molecule has 4 aromatic heterocycles. The van der Waals surface area contributed by atoms with Crippen molar-refractivity contribution in [3.63, 3.8) is 0 Å². The van der Waals surface area contributed by atoms with E-state index in [1.54, 1.807) is 35.1 Å². The molecule has 0 atom stereocenters. The van der Waals surface area contributed by atoms with E-state index in [1.807, 2.05) is 24.4 Å². The third-order valence-corrected chi connectivity index (χ3v) is 5.08. The van der Waals surface area contributed by atoms with Gasteiger partial charge in [0.1, 0.15) is 5.82 Å². The van der Waals surface area contributed by atoms with E-state index in [-0.39, 0.29) is 11.8 Å². The lowest BCUT2D eigenvalue weighted by atomic mass is 10.2. The Bertz CT molecular complexity index is 1040. The van der Waals surface area contributed by atoms with Crippen molar-refractivity contribution >= 4 is 40.2 Å². The van der Waals surface area contributed by atoms with E-state index in [1.165, 1.54) is 11.3 Å². The summed E-state index contributed by atoms with van der Waals surface area (Å²) < 4.78 is 1.76. The number of halogens is 1. The van der Waals surface area contributed by atoms with E-state index in [0.717, 1.165) is 16.0 Å². The molecule has 8 heteroatoms. The molecule has 0 aliphatic heterocycles. The number of anilines is 1. The number of hydrogen-bond donors (Lipinski definition) is 1. The van der Waals surface area contributed by atoms with Crippen molar-refractivity contribution in [2.75, 3.05) is 5.32 Å². The molecule has 124 valence electrons. The molecule has 1 N–H and O–H groups in total. The molecule has 25 heavy (non-hydrogen) atoms. The number of carbonyl (C=O) groups is 1. The van der Waals surface area contributed by atoms with Gasteiger partial charge in [0.05, 0.1) is 23.3 Å². The smallest absolute Gasteiger partial charge is 0.285 e. The highest BCUT2D eigenvalue weighted by atomic mass is 35.5. The molecule has 4 heterocycles. The topological polar surface area (TPSA) is 72.2 Å². The Kier molecular flexibility index (Phi) is 4.17. The van der Waals surface area contributed by atoms with Gasteiger partial charge in [-0.15, -0.1) is 22.9 Å².